The maximum Gasteiger partial charge on any atom is 0.311 e. The van der Waals surface area contributed by atoms with E-state index in [1.807, 2.05) is 20.8 Å². The molecular formula is C21H23N3O6S. The summed E-state index contributed by atoms with van der Waals surface area (Å²) in [5.74, 6) is -0.261. The molecule has 0 aliphatic carbocycles. The lowest BCUT2D eigenvalue weighted by Gasteiger charge is -2.22. The summed E-state index contributed by atoms with van der Waals surface area (Å²) in [5, 5.41) is 14.3. The molecular weight excluding hydrogens is 422 g/mol. The van der Waals surface area contributed by atoms with Crippen molar-refractivity contribution in [3.8, 4) is 5.75 Å². The molecule has 1 heterocycles. The van der Waals surface area contributed by atoms with Crippen LogP contribution in [-0.4, -0.2) is 33.4 Å². The zero-order valence-electron chi connectivity index (χ0n) is 17.8. The highest BCUT2D eigenvalue weighted by Crippen LogP contribution is 2.41. The van der Waals surface area contributed by atoms with Crippen molar-refractivity contribution in [1.29, 1.82) is 0 Å². The highest BCUT2D eigenvalue weighted by atomic mass is 32.2. The number of nitrogens with one attached hydrogen (secondary N) is 2. The van der Waals surface area contributed by atoms with Crippen molar-refractivity contribution in [1.82, 2.24) is 4.72 Å². The highest BCUT2D eigenvalue weighted by Gasteiger charge is 2.29. The molecule has 3 rings (SSSR count). The largest absolute Gasteiger partial charge is 0.490 e. The van der Waals surface area contributed by atoms with Crippen LogP contribution >= 0.6 is 0 Å². The molecule has 0 bridgehead atoms. The number of amides is 1. The summed E-state index contributed by atoms with van der Waals surface area (Å²) in [4.78, 5) is 23.7. The minimum absolute atomic E-state index is 0.00671. The Morgan fingerprint density at radius 3 is 2.42 bits per heavy atom. The van der Waals surface area contributed by atoms with Crippen LogP contribution in [0, 0.1) is 10.1 Å². The average Bonchev–Trinajstić information content (AvgIpc) is 3.01. The van der Waals surface area contributed by atoms with Gasteiger partial charge >= 0.3 is 5.69 Å². The van der Waals surface area contributed by atoms with E-state index < -0.39 is 26.3 Å². The van der Waals surface area contributed by atoms with Crippen LogP contribution in [0.5, 0.6) is 5.75 Å². The molecule has 2 aromatic rings. The first kappa shape index (κ1) is 22.4. The zero-order valence-corrected chi connectivity index (χ0v) is 18.6. The third kappa shape index (κ3) is 4.17. The molecule has 31 heavy (non-hydrogen) atoms. The predicted molar refractivity (Wildman–Crippen MR) is 118 cm³/mol. The Morgan fingerprint density at radius 1 is 1.19 bits per heavy atom. The van der Waals surface area contributed by atoms with E-state index >= 15 is 0 Å². The second-order valence-electron chi connectivity index (χ2n) is 8.06. The van der Waals surface area contributed by atoms with E-state index in [0.29, 0.717) is 22.4 Å². The lowest BCUT2D eigenvalue weighted by atomic mass is 9.84. The fourth-order valence-electron chi connectivity index (χ4n) is 3.39. The van der Waals surface area contributed by atoms with E-state index in [1.54, 1.807) is 6.07 Å². The number of carbonyl (C=O) groups excluding carboxylic acids is 1. The van der Waals surface area contributed by atoms with Crippen LogP contribution in [-0.2, 0) is 20.2 Å². The number of hydrogen-bond acceptors (Lipinski definition) is 6. The molecule has 10 heteroatoms. The van der Waals surface area contributed by atoms with Crippen molar-refractivity contribution in [3.05, 3.63) is 57.1 Å². The van der Waals surface area contributed by atoms with E-state index in [-0.39, 0.29) is 21.9 Å². The quantitative estimate of drug-likeness (QED) is 0.413. The van der Waals surface area contributed by atoms with Gasteiger partial charge in [-0.2, -0.15) is 0 Å². The van der Waals surface area contributed by atoms with Gasteiger partial charge in [0.05, 0.1) is 16.9 Å². The fraction of sp³-hybridized carbons (Fsp3) is 0.286. The van der Waals surface area contributed by atoms with Crippen LogP contribution in [0.2, 0.25) is 0 Å². The van der Waals surface area contributed by atoms with Crippen molar-refractivity contribution >= 4 is 39.0 Å². The molecule has 1 aliphatic rings. The summed E-state index contributed by atoms with van der Waals surface area (Å²) in [6, 6.07) is 7.37. The van der Waals surface area contributed by atoms with Gasteiger partial charge in [0, 0.05) is 28.5 Å². The van der Waals surface area contributed by atoms with Crippen LogP contribution in [0.4, 0.5) is 11.4 Å². The molecule has 0 fully saturated rings. The number of hydrogen-bond donors (Lipinski definition) is 2. The molecule has 0 atom stereocenters. The Hall–Kier alpha value is -3.24. The first-order chi connectivity index (χ1) is 14.4. The summed E-state index contributed by atoms with van der Waals surface area (Å²) in [7, 11) is -1.03. The Morgan fingerprint density at radius 2 is 1.87 bits per heavy atom. The van der Waals surface area contributed by atoms with Crippen LogP contribution in [0.25, 0.3) is 11.6 Å². The van der Waals surface area contributed by atoms with E-state index in [4.69, 9.17) is 4.74 Å². The van der Waals surface area contributed by atoms with E-state index in [0.717, 1.165) is 0 Å². The SMILES string of the molecule is CNS(=O)(=O)c1ccc2c(c1)C(=Cc1cc([N+](=O)[O-])c(OC)c(C(C)(C)C)c1)C(=O)N2. The van der Waals surface area contributed by atoms with Crippen LogP contribution in [0.1, 0.15) is 37.5 Å². The molecule has 0 spiro atoms. The molecule has 2 N–H and O–H groups in total. The van der Waals surface area contributed by atoms with Crippen molar-refractivity contribution in [3.63, 3.8) is 0 Å². The Labute approximate surface area is 180 Å². The maximum absolute atomic E-state index is 12.6. The van der Waals surface area contributed by atoms with Crippen molar-refractivity contribution in [2.24, 2.45) is 0 Å². The summed E-state index contributed by atoms with van der Waals surface area (Å²) in [6.07, 6.45) is 1.51. The third-order valence-corrected chi connectivity index (χ3v) is 6.38. The lowest BCUT2D eigenvalue weighted by Crippen LogP contribution is -2.18. The summed E-state index contributed by atoms with van der Waals surface area (Å²) < 4.78 is 31.9. The van der Waals surface area contributed by atoms with Crippen molar-refractivity contribution in [2.45, 2.75) is 31.1 Å². The molecule has 1 aliphatic heterocycles. The van der Waals surface area contributed by atoms with E-state index in [1.165, 1.54) is 44.5 Å². The monoisotopic (exact) mass is 445 g/mol. The molecule has 0 unspecified atom stereocenters. The van der Waals surface area contributed by atoms with Gasteiger partial charge < -0.3 is 10.1 Å². The van der Waals surface area contributed by atoms with E-state index in [2.05, 4.69) is 10.0 Å². The molecule has 9 nitrogen and oxygen atoms in total. The number of fused-ring (bicyclic) bond motifs is 1. The number of nitrogens with zero attached hydrogens (tertiary/aromatic N) is 1. The lowest BCUT2D eigenvalue weighted by molar-refractivity contribution is -0.385. The number of methoxy groups -OCH3 is 1. The standard InChI is InChI=1S/C21H23N3O6S/c1-21(2,3)16-9-12(10-18(24(26)27)19(16)30-5)8-15-14-11-13(31(28,29)22-4)6-7-17(14)23-20(15)25/h6-11,22H,1-5H3,(H,23,25). The van der Waals surface area contributed by atoms with Crippen LogP contribution in [0.15, 0.2) is 35.2 Å². The van der Waals surface area contributed by atoms with Gasteiger partial charge in [0.2, 0.25) is 15.8 Å². The highest BCUT2D eigenvalue weighted by molar-refractivity contribution is 7.89. The number of nitro groups is 1. The summed E-state index contributed by atoms with van der Waals surface area (Å²) in [5.41, 5.74) is 1.43. The fourth-order valence-corrected chi connectivity index (χ4v) is 4.14. The molecule has 0 saturated carbocycles. The number of rotatable bonds is 5. The average molecular weight is 445 g/mol. The molecule has 0 saturated heterocycles. The summed E-state index contributed by atoms with van der Waals surface area (Å²) >= 11 is 0. The molecule has 164 valence electrons. The molecule has 0 radical (unpaired) electrons. The number of anilines is 1. The normalized spacial score (nSPS) is 15.0. The minimum Gasteiger partial charge on any atom is -0.490 e. The zero-order chi connectivity index (χ0) is 23.1. The number of ether oxygens (including phenoxy) is 1. The first-order valence-electron chi connectivity index (χ1n) is 9.37. The first-order valence-corrected chi connectivity index (χ1v) is 10.9. The van der Waals surface area contributed by atoms with Gasteiger partial charge in [0.1, 0.15) is 0 Å². The molecule has 2 aromatic carbocycles. The minimum atomic E-state index is -3.71. The van der Waals surface area contributed by atoms with Gasteiger partial charge in [-0.05, 0) is 48.4 Å². The number of sulfonamides is 1. The van der Waals surface area contributed by atoms with Gasteiger partial charge in [-0.25, -0.2) is 13.1 Å². The predicted octanol–water partition coefficient (Wildman–Crippen LogP) is 3.30. The Bertz CT molecular complexity index is 1230. The van der Waals surface area contributed by atoms with Gasteiger partial charge in [0.15, 0.2) is 0 Å². The van der Waals surface area contributed by atoms with Gasteiger partial charge in [-0.15, -0.1) is 0 Å². The number of nitro benzene ring substituents is 1. The molecule has 0 aromatic heterocycles. The van der Waals surface area contributed by atoms with Gasteiger partial charge in [-0.3, -0.25) is 14.9 Å². The smallest absolute Gasteiger partial charge is 0.311 e. The molecule has 1 amide bonds. The van der Waals surface area contributed by atoms with Crippen molar-refractivity contribution < 1.29 is 22.9 Å². The summed E-state index contributed by atoms with van der Waals surface area (Å²) in [6.45, 7) is 5.70. The van der Waals surface area contributed by atoms with Crippen LogP contribution < -0.4 is 14.8 Å². The second kappa shape index (κ2) is 7.78. The van der Waals surface area contributed by atoms with Crippen molar-refractivity contribution in [2.75, 3.05) is 19.5 Å². The third-order valence-electron chi connectivity index (χ3n) is 4.96. The van der Waals surface area contributed by atoms with E-state index in [9.17, 15) is 23.3 Å². The topological polar surface area (TPSA) is 128 Å². The Kier molecular flexibility index (Phi) is 5.64. The Balaban J connectivity index is 2.24. The second-order valence-corrected chi connectivity index (χ2v) is 9.94. The van der Waals surface area contributed by atoms with Gasteiger partial charge in [-0.1, -0.05) is 20.8 Å². The van der Waals surface area contributed by atoms with Gasteiger partial charge in [0.25, 0.3) is 5.91 Å². The number of carbonyl (C=O) groups is 1. The maximum atomic E-state index is 12.6. The number of benzene rings is 2. The van der Waals surface area contributed by atoms with Crippen LogP contribution in [0.3, 0.4) is 0 Å².